The van der Waals surface area contributed by atoms with Crippen LogP contribution in [0.3, 0.4) is 0 Å². The lowest BCUT2D eigenvalue weighted by Crippen LogP contribution is -2.45. The summed E-state index contributed by atoms with van der Waals surface area (Å²) in [5, 5.41) is 0. The lowest BCUT2D eigenvalue weighted by atomic mass is 9.58. The highest BCUT2D eigenvalue weighted by Gasteiger charge is 2.49. The van der Waals surface area contributed by atoms with Gasteiger partial charge in [-0.1, -0.05) is 67.4 Å². The van der Waals surface area contributed by atoms with E-state index in [0.29, 0.717) is 6.42 Å². The quantitative estimate of drug-likeness (QED) is 0.775. The van der Waals surface area contributed by atoms with Crippen molar-refractivity contribution in [1.29, 1.82) is 0 Å². The fourth-order valence-corrected chi connectivity index (χ4v) is 2.95. The lowest BCUT2D eigenvalue weighted by molar-refractivity contribution is -0.135. The first-order valence-corrected chi connectivity index (χ1v) is 6.32. The molecule has 3 heteroatoms. The van der Waals surface area contributed by atoms with Gasteiger partial charge in [0.2, 0.25) is 0 Å². The van der Waals surface area contributed by atoms with E-state index in [1.54, 1.807) is 0 Å². The van der Waals surface area contributed by atoms with Crippen LogP contribution in [0.5, 0.6) is 0 Å². The zero-order valence-electron chi connectivity index (χ0n) is 9.84. The summed E-state index contributed by atoms with van der Waals surface area (Å²) in [6.45, 7) is 4.14. The molecule has 0 radical (unpaired) electrons. The van der Waals surface area contributed by atoms with Crippen molar-refractivity contribution in [1.82, 2.24) is 0 Å². The highest BCUT2D eigenvalue weighted by molar-refractivity contribution is 6.58. The van der Waals surface area contributed by atoms with Crippen LogP contribution in [-0.4, -0.2) is 5.78 Å². The molecular formula is C14H14Cl2O. The van der Waals surface area contributed by atoms with Gasteiger partial charge in [-0.15, -0.1) is 0 Å². The molecule has 0 aromatic heterocycles. The average Bonchev–Trinajstić information content (AvgIpc) is 2.25. The molecule has 1 fully saturated rings. The van der Waals surface area contributed by atoms with Crippen LogP contribution < -0.4 is 0 Å². The Morgan fingerprint density at radius 3 is 2.24 bits per heavy atom. The van der Waals surface area contributed by atoms with E-state index in [1.807, 2.05) is 30.3 Å². The number of carbonyl (C=O) groups is 1. The fraction of sp³-hybridized carbons (Fsp3) is 0.357. The van der Waals surface area contributed by atoms with E-state index in [4.69, 9.17) is 23.2 Å². The molecule has 1 nitrogen and oxygen atoms in total. The van der Waals surface area contributed by atoms with Crippen LogP contribution in [0.15, 0.2) is 34.8 Å². The minimum absolute atomic E-state index is 0.0582. The van der Waals surface area contributed by atoms with Crippen LogP contribution in [0.25, 0.3) is 5.57 Å². The van der Waals surface area contributed by atoms with Gasteiger partial charge in [-0.25, -0.2) is 0 Å². The number of hydrogen-bond donors (Lipinski definition) is 0. The SMILES string of the molecule is CC1(C)CC(=O)[C@H]1C(=C(Cl)Cl)c1ccccc1. The molecule has 0 bridgehead atoms. The van der Waals surface area contributed by atoms with E-state index in [1.165, 1.54) is 0 Å². The minimum Gasteiger partial charge on any atom is -0.299 e. The summed E-state index contributed by atoms with van der Waals surface area (Å²) in [7, 11) is 0. The zero-order chi connectivity index (χ0) is 12.6. The summed E-state index contributed by atoms with van der Waals surface area (Å²) in [6.07, 6.45) is 0.592. The first kappa shape index (κ1) is 12.7. The van der Waals surface area contributed by atoms with E-state index in [0.717, 1.165) is 11.1 Å². The van der Waals surface area contributed by atoms with E-state index < -0.39 is 0 Å². The van der Waals surface area contributed by atoms with Crippen LogP contribution >= 0.6 is 23.2 Å². The molecule has 1 atom stereocenters. The van der Waals surface area contributed by atoms with Crippen molar-refractivity contribution in [3.05, 3.63) is 40.4 Å². The van der Waals surface area contributed by atoms with Crippen LogP contribution in [0.4, 0.5) is 0 Å². The number of rotatable bonds is 2. The number of ketones is 1. The third-order valence-electron chi connectivity index (χ3n) is 3.31. The van der Waals surface area contributed by atoms with Crippen LogP contribution in [0.1, 0.15) is 25.8 Å². The summed E-state index contributed by atoms with van der Waals surface area (Å²) in [5.74, 6) is 0.0301. The molecule has 0 saturated heterocycles. The Bertz CT molecular complexity index is 470. The fourth-order valence-electron chi connectivity index (χ4n) is 2.51. The maximum Gasteiger partial charge on any atom is 0.141 e. The van der Waals surface area contributed by atoms with Gasteiger partial charge in [0, 0.05) is 12.0 Å². The number of halogens is 2. The predicted octanol–water partition coefficient (Wildman–Crippen LogP) is 4.45. The summed E-state index contributed by atoms with van der Waals surface area (Å²) >= 11 is 11.9. The van der Waals surface area contributed by atoms with Gasteiger partial charge >= 0.3 is 0 Å². The van der Waals surface area contributed by atoms with Crippen LogP contribution in [-0.2, 0) is 4.79 Å². The molecule has 17 heavy (non-hydrogen) atoms. The maximum absolute atomic E-state index is 11.8. The molecule has 0 unspecified atom stereocenters. The Balaban J connectivity index is 2.46. The highest BCUT2D eigenvalue weighted by atomic mass is 35.5. The monoisotopic (exact) mass is 268 g/mol. The van der Waals surface area contributed by atoms with Crippen molar-refractivity contribution in [3.63, 3.8) is 0 Å². The minimum atomic E-state index is -0.185. The first-order chi connectivity index (χ1) is 7.93. The van der Waals surface area contributed by atoms with Gasteiger partial charge in [0.15, 0.2) is 0 Å². The molecule has 2 rings (SSSR count). The number of carbonyl (C=O) groups excluding carboxylic acids is 1. The van der Waals surface area contributed by atoms with Crippen molar-refractivity contribution in [2.75, 3.05) is 0 Å². The van der Waals surface area contributed by atoms with Crippen molar-refractivity contribution >= 4 is 34.6 Å². The molecule has 1 aliphatic carbocycles. The molecular weight excluding hydrogens is 255 g/mol. The van der Waals surface area contributed by atoms with Gasteiger partial charge in [-0.2, -0.15) is 0 Å². The smallest absolute Gasteiger partial charge is 0.141 e. The van der Waals surface area contributed by atoms with E-state index >= 15 is 0 Å². The Labute approximate surface area is 111 Å². The normalized spacial score (nSPS) is 21.9. The number of allylic oxidation sites excluding steroid dienone is 1. The highest BCUT2D eigenvalue weighted by Crippen LogP contribution is 2.51. The Morgan fingerprint density at radius 2 is 1.82 bits per heavy atom. The third kappa shape index (κ3) is 2.27. The molecule has 0 spiro atoms. The molecule has 1 aliphatic rings. The van der Waals surface area contributed by atoms with Gasteiger partial charge in [0.25, 0.3) is 0 Å². The summed E-state index contributed by atoms with van der Waals surface area (Å²) in [6, 6.07) is 9.63. The molecule has 0 heterocycles. The second kappa shape index (κ2) is 4.47. The third-order valence-corrected chi connectivity index (χ3v) is 3.72. The molecule has 90 valence electrons. The van der Waals surface area contributed by atoms with Gasteiger partial charge in [0.05, 0.1) is 5.92 Å². The summed E-state index contributed by atoms with van der Waals surface area (Å²) in [4.78, 5) is 11.8. The van der Waals surface area contributed by atoms with Gasteiger partial charge in [-0.3, -0.25) is 4.79 Å². The van der Waals surface area contributed by atoms with Crippen molar-refractivity contribution in [3.8, 4) is 0 Å². The van der Waals surface area contributed by atoms with Crippen LogP contribution in [0.2, 0.25) is 0 Å². The van der Waals surface area contributed by atoms with Gasteiger partial charge in [0.1, 0.15) is 10.3 Å². The van der Waals surface area contributed by atoms with E-state index in [9.17, 15) is 4.79 Å². The van der Waals surface area contributed by atoms with Crippen molar-refractivity contribution in [2.24, 2.45) is 11.3 Å². The van der Waals surface area contributed by atoms with E-state index in [-0.39, 0.29) is 21.6 Å². The molecule has 1 aromatic carbocycles. The summed E-state index contributed by atoms with van der Waals surface area (Å²) < 4.78 is 0.197. The predicted molar refractivity (Wildman–Crippen MR) is 72.0 cm³/mol. The molecule has 0 amide bonds. The number of hydrogen-bond acceptors (Lipinski definition) is 1. The molecule has 0 aliphatic heterocycles. The molecule has 1 aromatic rings. The number of benzene rings is 1. The van der Waals surface area contributed by atoms with Crippen molar-refractivity contribution < 1.29 is 4.79 Å². The van der Waals surface area contributed by atoms with Gasteiger partial charge in [-0.05, 0) is 11.0 Å². The largest absolute Gasteiger partial charge is 0.299 e. The number of Topliss-reactive ketones (excluding diaryl/α,β-unsaturated/α-hetero) is 1. The standard InChI is InChI=1S/C14H14Cl2O/c1-14(2)8-10(17)12(14)11(13(15)16)9-6-4-3-5-7-9/h3-7,12H,8H2,1-2H3/t12-/m0/s1. The Hall–Kier alpha value is -0.790. The van der Waals surface area contributed by atoms with Gasteiger partial charge < -0.3 is 0 Å². The first-order valence-electron chi connectivity index (χ1n) is 5.57. The molecule has 0 N–H and O–H groups in total. The second-order valence-electron chi connectivity index (χ2n) is 5.10. The average molecular weight is 269 g/mol. The topological polar surface area (TPSA) is 17.1 Å². The summed E-state index contributed by atoms with van der Waals surface area (Å²) in [5.41, 5.74) is 1.63. The Morgan fingerprint density at radius 1 is 1.24 bits per heavy atom. The van der Waals surface area contributed by atoms with Crippen molar-refractivity contribution in [2.45, 2.75) is 20.3 Å². The Kier molecular flexibility index (Phi) is 3.33. The zero-order valence-corrected chi connectivity index (χ0v) is 11.3. The van der Waals surface area contributed by atoms with Crippen LogP contribution in [0, 0.1) is 11.3 Å². The second-order valence-corrected chi connectivity index (χ2v) is 6.05. The molecule has 1 saturated carbocycles. The lowest BCUT2D eigenvalue weighted by Gasteiger charge is -2.44. The van der Waals surface area contributed by atoms with E-state index in [2.05, 4.69) is 13.8 Å². The maximum atomic E-state index is 11.8.